The standard InChI is InChI=1S/C11H5NO6/c13-8-7(9(14)11(16)10(8)15)5-1-3-6(4-2-5)12(17)18/h1-4,13H. The van der Waals surface area contributed by atoms with Gasteiger partial charge in [0.05, 0.1) is 10.5 Å². The fourth-order valence-corrected chi connectivity index (χ4v) is 1.56. The fraction of sp³-hybridized carbons (Fsp3) is 0. The van der Waals surface area contributed by atoms with Crippen molar-refractivity contribution in [3.05, 3.63) is 65.0 Å². The monoisotopic (exact) mass is 247 g/mol. The molecule has 18 heavy (non-hydrogen) atoms. The molecular weight excluding hydrogens is 242 g/mol. The van der Waals surface area contributed by atoms with Gasteiger partial charge in [-0.15, -0.1) is 0 Å². The largest absolute Gasteiger partial charge is 0.503 e. The molecule has 0 aliphatic carbocycles. The molecule has 0 aliphatic heterocycles. The van der Waals surface area contributed by atoms with Crippen LogP contribution in [0.3, 0.4) is 0 Å². The first kappa shape index (κ1) is 11.6. The van der Waals surface area contributed by atoms with Crippen molar-refractivity contribution in [3.8, 4) is 16.9 Å². The summed E-state index contributed by atoms with van der Waals surface area (Å²) in [7, 11) is 0. The van der Waals surface area contributed by atoms with Gasteiger partial charge in [-0.25, -0.2) is 0 Å². The van der Waals surface area contributed by atoms with Gasteiger partial charge in [0.25, 0.3) is 16.5 Å². The van der Waals surface area contributed by atoms with Crippen molar-refractivity contribution in [2.75, 3.05) is 0 Å². The molecule has 0 spiro atoms. The smallest absolute Gasteiger partial charge is 0.277 e. The molecule has 0 fully saturated rings. The molecule has 7 heteroatoms. The van der Waals surface area contributed by atoms with Crippen molar-refractivity contribution in [1.29, 1.82) is 0 Å². The van der Waals surface area contributed by atoms with Crippen LogP contribution >= 0.6 is 0 Å². The maximum absolute atomic E-state index is 11.4. The van der Waals surface area contributed by atoms with Crippen LogP contribution in [0.4, 0.5) is 5.69 Å². The van der Waals surface area contributed by atoms with E-state index in [1.807, 2.05) is 0 Å². The second-order valence-electron chi connectivity index (χ2n) is 3.51. The van der Waals surface area contributed by atoms with Gasteiger partial charge in [-0.05, 0) is 17.7 Å². The minimum atomic E-state index is -1.30. The van der Waals surface area contributed by atoms with E-state index in [2.05, 4.69) is 0 Å². The molecule has 0 saturated heterocycles. The third-order valence-corrected chi connectivity index (χ3v) is 2.46. The molecule has 0 radical (unpaired) electrons. The van der Waals surface area contributed by atoms with E-state index in [-0.39, 0.29) is 11.3 Å². The van der Waals surface area contributed by atoms with E-state index < -0.39 is 32.5 Å². The maximum Gasteiger partial charge on any atom is 0.277 e. The second-order valence-corrected chi connectivity index (χ2v) is 3.51. The molecule has 0 saturated carbocycles. The van der Waals surface area contributed by atoms with E-state index in [1.165, 1.54) is 12.1 Å². The molecule has 0 unspecified atom stereocenters. The molecule has 90 valence electrons. The summed E-state index contributed by atoms with van der Waals surface area (Å²) in [4.78, 5) is 43.4. The predicted octanol–water partition coefficient (Wildman–Crippen LogP) is -0.0764. The average Bonchev–Trinajstić information content (AvgIpc) is 2.54. The number of nitro benzene ring substituents is 1. The summed E-state index contributed by atoms with van der Waals surface area (Å²) in [6.45, 7) is 0. The molecule has 0 heterocycles. The first-order valence-electron chi connectivity index (χ1n) is 4.75. The Balaban J connectivity index is 2.67. The lowest BCUT2D eigenvalue weighted by molar-refractivity contribution is -0.384. The van der Waals surface area contributed by atoms with Gasteiger partial charge >= 0.3 is 0 Å². The number of nitro groups is 1. The highest BCUT2D eigenvalue weighted by atomic mass is 16.6. The number of non-ortho nitro benzene ring substituents is 1. The number of hydrogen-bond donors (Lipinski definition) is 1. The summed E-state index contributed by atoms with van der Waals surface area (Å²) < 4.78 is 0. The van der Waals surface area contributed by atoms with Crippen molar-refractivity contribution >= 4 is 5.69 Å². The first-order valence-corrected chi connectivity index (χ1v) is 4.75. The molecule has 0 amide bonds. The van der Waals surface area contributed by atoms with Crippen molar-refractivity contribution in [2.45, 2.75) is 0 Å². The normalized spacial score (nSPS) is 10.4. The minimum absolute atomic E-state index is 0.0855. The van der Waals surface area contributed by atoms with Crippen molar-refractivity contribution in [1.82, 2.24) is 0 Å². The van der Waals surface area contributed by atoms with Crippen LogP contribution in [0.5, 0.6) is 5.75 Å². The highest BCUT2D eigenvalue weighted by molar-refractivity contribution is 5.71. The summed E-state index contributed by atoms with van der Waals surface area (Å²) in [5.41, 5.74) is -4.20. The zero-order valence-corrected chi connectivity index (χ0v) is 8.75. The Hall–Kier alpha value is -2.83. The third-order valence-electron chi connectivity index (χ3n) is 2.46. The molecule has 0 aromatic heterocycles. The fourth-order valence-electron chi connectivity index (χ4n) is 1.56. The Labute approximate surface area is 98.4 Å². The van der Waals surface area contributed by atoms with Crippen LogP contribution in [-0.4, -0.2) is 10.0 Å². The highest BCUT2D eigenvalue weighted by Crippen LogP contribution is 2.24. The van der Waals surface area contributed by atoms with Gasteiger partial charge in [0.1, 0.15) is 0 Å². The Kier molecular flexibility index (Phi) is 2.51. The first-order chi connectivity index (χ1) is 8.43. The van der Waals surface area contributed by atoms with E-state index in [0.717, 1.165) is 12.1 Å². The molecule has 2 rings (SSSR count). The summed E-state index contributed by atoms with van der Waals surface area (Å²) in [6.07, 6.45) is 0. The lowest BCUT2D eigenvalue weighted by Gasteiger charge is -1.97. The molecule has 7 nitrogen and oxygen atoms in total. The topological polar surface area (TPSA) is 115 Å². The van der Waals surface area contributed by atoms with Crippen molar-refractivity contribution in [3.63, 3.8) is 0 Å². The molecule has 1 N–H and O–H groups in total. The molecular formula is C11H5NO6. The maximum atomic E-state index is 11.4. The summed E-state index contributed by atoms with van der Waals surface area (Å²) in [5, 5.41) is 19.8. The molecule has 2 aromatic rings. The highest BCUT2D eigenvalue weighted by Gasteiger charge is 2.20. The van der Waals surface area contributed by atoms with Crippen LogP contribution < -0.4 is 16.3 Å². The van der Waals surface area contributed by atoms with Gasteiger partial charge in [-0.3, -0.25) is 24.5 Å². The Bertz CT molecular complexity index is 768. The number of aromatic hydroxyl groups is 1. The Morgan fingerprint density at radius 1 is 0.944 bits per heavy atom. The number of nitrogens with zero attached hydrogens (tertiary/aromatic N) is 1. The lowest BCUT2D eigenvalue weighted by Crippen LogP contribution is -2.29. The zero-order chi connectivity index (χ0) is 13.4. The van der Waals surface area contributed by atoms with E-state index in [4.69, 9.17) is 0 Å². The summed E-state index contributed by atoms with van der Waals surface area (Å²) in [6, 6.07) is 4.59. The van der Waals surface area contributed by atoms with Gasteiger partial charge < -0.3 is 5.11 Å². The number of hydrogen-bond acceptors (Lipinski definition) is 6. The van der Waals surface area contributed by atoms with Crippen LogP contribution in [-0.2, 0) is 0 Å². The number of rotatable bonds is 2. The van der Waals surface area contributed by atoms with Crippen LogP contribution in [0.2, 0.25) is 0 Å². The van der Waals surface area contributed by atoms with Gasteiger partial charge in [0.15, 0.2) is 5.75 Å². The van der Waals surface area contributed by atoms with E-state index >= 15 is 0 Å². The van der Waals surface area contributed by atoms with Gasteiger partial charge in [-0.1, -0.05) is 0 Å². The van der Waals surface area contributed by atoms with Crippen LogP contribution in [0.25, 0.3) is 11.1 Å². The molecule has 0 aliphatic rings. The van der Waals surface area contributed by atoms with Crippen LogP contribution in [0.15, 0.2) is 38.6 Å². The van der Waals surface area contributed by atoms with Gasteiger partial charge in [0.2, 0.25) is 5.43 Å². The average molecular weight is 247 g/mol. The molecule has 0 bridgehead atoms. The zero-order valence-electron chi connectivity index (χ0n) is 8.75. The minimum Gasteiger partial charge on any atom is -0.503 e. The lowest BCUT2D eigenvalue weighted by atomic mass is 10.1. The third kappa shape index (κ3) is 1.58. The molecule has 0 atom stereocenters. The van der Waals surface area contributed by atoms with Crippen LogP contribution in [0.1, 0.15) is 0 Å². The van der Waals surface area contributed by atoms with E-state index in [1.54, 1.807) is 0 Å². The van der Waals surface area contributed by atoms with Crippen molar-refractivity contribution in [2.24, 2.45) is 0 Å². The second kappa shape index (κ2) is 3.88. The summed E-state index contributed by atoms with van der Waals surface area (Å²) in [5.74, 6) is -0.918. The van der Waals surface area contributed by atoms with Gasteiger partial charge in [-0.2, -0.15) is 0 Å². The Morgan fingerprint density at radius 2 is 1.50 bits per heavy atom. The quantitative estimate of drug-likeness (QED) is 0.451. The van der Waals surface area contributed by atoms with Crippen molar-refractivity contribution < 1.29 is 10.0 Å². The summed E-state index contributed by atoms with van der Waals surface area (Å²) >= 11 is 0. The van der Waals surface area contributed by atoms with Crippen LogP contribution in [0, 0.1) is 10.1 Å². The van der Waals surface area contributed by atoms with Gasteiger partial charge in [0, 0.05) is 12.1 Å². The van der Waals surface area contributed by atoms with E-state index in [9.17, 15) is 29.6 Å². The predicted molar refractivity (Wildman–Crippen MR) is 61.4 cm³/mol. The Morgan fingerprint density at radius 3 is 1.89 bits per heavy atom. The molecule has 2 aromatic carbocycles. The number of benzene rings is 1. The SMILES string of the molecule is O=c1c(O)c(-c2ccc([N+](=O)[O-])cc2)c(=O)c1=O. The van der Waals surface area contributed by atoms with E-state index in [0.29, 0.717) is 0 Å².